The van der Waals surface area contributed by atoms with Gasteiger partial charge in [-0.15, -0.1) is 0 Å². The van der Waals surface area contributed by atoms with Gasteiger partial charge in [-0.2, -0.15) is 0 Å². The Labute approximate surface area is 126 Å². The topological polar surface area (TPSA) is 92.3 Å². The molecule has 4 amide bonds. The maximum absolute atomic E-state index is 12.3. The second-order valence-electron chi connectivity index (χ2n) is 7.38. The van der Waals surface area contributed by atoms with Gasteiger partial charge in [-0.25, -0.2) is 0 Å². The van der Waals surface area contributed by atoms with Gasteiger partial charge >= 0.3 is 0 Å². The lowest BCUT2D eigenvalue weighted by Gasteiger charge is -2.63. The Morgan fingerprint density at radius 2 is 0.864 bits per heavy atom. The molecule has 0 spiro atoms. The molecule has 6 heteroatoms. The summed E-state index contributed by atoms with van der Waals surface area (Å²) in [6.07, 6.45) is 0. The van der Waals surface area contributed by atoms with Crippen molar-refractivity contribution < 1.29 is 19.2 Å². The van der Waals surface area contributed by atoms with Gasteiger partial charge in [0.05, 0.1) is 23.7 Å². The summed E-state index contributed by atoms with van der Waals surface area (Å²) in [5.74, 6) is -2.23. The Morgan fingerprint density at radius 3 is 1.23 bits per heavy atom. The Morgan fingerprint density at radius 1 is 0.545 bits per heavy atom. The number of hydrogen-bond donors (Lipinski definition) is 2. The van der Waals surface area contributed by atoms with Crippen LogP contribution in [0.25, 0.3) is 0 Å². The van der Waals surface area contributed by atoms with Gasteiger partial charge in [-0.05, 0) is 37.5 Å². The highest BCUT2D eigenvalue weighted by molar-refractivity contribution is 6.09. The van der Waals surface area contributed by atoms with Crippen LogP contribution >= 0.6 is 0 Å². The molecular formula is C16H16N2O4. The van der Waals surface area contributed by atoms with Crippen molar-refractivity contribution in [3.63, 3.8) is 0 Å². The average Bonchev–Trinajstić information content (AvgIpc) is 2.84. The molecule has 114 valence electrons. The summed E-state index contributed by atoms with van der Waals surface area (Å²) in [4.78, 5) is 48.7. The zero-order chi connectivity index (χ0) is 15.5. The number of fused-ring (bicyclic) bond motifs is 1. The molecule has 22 heavy (non-hydrogen) atoms. The molecule has 6 aliphatic rings. The van der Waals surface area contributed by atoms with E-state index in [2.05, 4.69) is 10.6 Å². The summed E-state index contributed by atoms with van der Waals surface area (Å²) < 4.78 is 0. The van der Waals surface area contributed by atoms with Crippen LogP contribution in [0, 0.1) is 47.3 Å². The van der Waals surface area contributed by atoms with Crippen molar-refractivity contribution in [1.29, 1.82) is 0 Å². The molecule has 2 N–H and O–H groups in total. The molecule has 8 atom stereocenters. The number of allylic oxidation sites excluding steroid dienone is 2. The van der Waals surface area contributed by atoms with Crippen LogP contribution in [0.4, 0.5) is 0 Å². The average molecular weight is 300 g/mol. The Kier molecular flexibility index (Phi) is 2.00. The molecule has 4 aliphatic carbocycles. The van der Waals surface area contributed by atoms with E-state index in [-0.39, 0.29) is 71.0 Å². The van der Waals surface area contributed by atoms with Crippen LogP contribution in [0.1, 0.15) is 13.8 Å². The maximum atomic E-state index is 12.3. The van der Waals surface area contributed by atoms with Crippen molar-refractivity contribution >= 4 is 23.6 Å². The highest BCUT2D eigenvalue weighted by Gasteiger charge is 2.74. The van der Waals surface area contributed by atoms with Crippen molar-refractivity contribution in [3.05, 3.63) is 11.1 Å². The molecule has 6 rings (SSSR count). The monoisotopic (exact) mass is 300 g/mol. The van der Waals surface area contributed by atoms with Crippen LogP contribution in [-0.4, -0.2) is 23.6 Å². The molecule has 8 unspecified atom stereocenters. The van der Waals surface area contributed by atoms with Crippen LogP contribution in [0.5, 0.6) is 0 Å². The number of carbonyl (C=O) groups is 4. The van der Waals surface area contributed by atoms with E-state index in [1.807, 2.05) is 13.8 Å². The van der Waals surface area contributed by atoms with E-state index in [9.17, 15) is 19.2 Å². The van der Waals surface area contributed by atoms with E-state index < -0.39 is 0 Å². The molecule has 2 bridgehead atoms. The summed E-state index contributed by atoms with van der Waals surface area (Å²) in [7, 11) is 0. The summed E-state index contributed by atoms with van der Waals surface area (Å²) in [6, 6.07) is 0. The van der Waals surface area contributed by atoms with Gasteiger partial charge in [0.25, 0.3) is 0 Å². The fraction of sp³-hybridized carbons (Fsp3) is 0.625. The van der Waals surface area contributed by atoms with Gasteiger partial charge in [0.15, 0.2) is 0 Å². The molecule has 2 saturated heterocycles. The first-order valence-corrected chi connectivity index (χ1v) is 7.80. The van der Waals surface area contributed by atoms with Crippen molar-refractivity contribution in [3.8, 4) is 0 Å². The number of imide groups is 2. The third-order valence-electron chi connectivity index (χ3n) is 6.98. The van der Waals surface area contributed by atoms with E-state index in [0.717, 1.165) is 11.1 Å². The second kappa shape index (κ2) is 3.50. The standard InChI is InChI=1S/C16H16N2O4/c1-3-4(2)6-8-7(11-12(8)16(22)18-15(11)21)5(3)9-10(6)14(20)17-13(9)19/h5-12H,1-2H3,(H,17,19,20)(H,18,21,22). The predicted octanol–water partition coefficient (Wildman–Crippen LogP) is -0.394. The van der Waals surface area contributed by atoms with Gasteiger partial charge in [0.1, 0.15) is 0 Å². The minimum atomic E-state index is -0.355. The summed E-state index contributed by atoms with van der Waals surface area (Å²) in [6.45, 7) is 4.02. The zero-order valence-electron chi connectivity index (χ0n) is 12.3. The molecule has 6 nitrogen and oxygen atoms in total. The molecule has 0 radical (unpaired) electrons. The van der Waals surface area contributed by atoms with Crippen LogP contribution in [0.2, 0.25) is 0 Å². The van der Waals surface area contributed by atoms with Crippen molar-refractivity contribution in [2.75, 3.05) is 0 Å². The molecule has 4 fully saturated rings. The second-order valence-corrected chi connectivity index (χ2v) is 7.38. The van der Waals surface area contributed by atoms with E-state index in [4.69, 9.17) is 0 Å². The van der Waals surface area contributed by atoms with Gasteiger partial charge < -0.3 is 0 Å². The third kappa shape index (κ3) is 1.06. The van der Waals surface area contributed by atoms with E-state index >= 15 is 0 Å². The van der Waals surface area contributed by atoms with Gasteiger partial charge in [-0.3, -0.25) is 29.8 Å². The quantitative estimate of drug-likeness (QED) is 0.470. The largest absolute Gasteiger partial charge is 0.296 e. The first-order valence-electron chi connectivity index (χ1n) is 7.80. The number of hydrogen-bond acceptors (Lipinski definition) is 4. The molecule has 2 heterocycles. The lowest BCUT2D eigenvalue weighted by atomic mass is 9.37. The van der Waals surface area contributed by atoms with Gasteiger partial charge in [0, 0.05) is 0 Å². The predicted molar refractivity (Wildman–Crippen MR) is 72.6 cm³/mol. The highest BCUT2D eigenvalue weighted by atomic mass is 16.2. The van der Waals surface area contributed by atoms with E-state index in [1.165, 1.54) is 0 Å². The van der Waals surface area contributed by atoms with Crippen molar-refractivity contribution in [2.45, 2.75) is 13.8 Å². The minimum Gasteiger partial charge on any atom is -0.296 e. The van der Waals surface area contributed by atoms with Gasteiger partial charge in [0.2, 0.25) is 23.6 Å². The number of carbonyl (C=O) groups excluding carboxylic acids is 4. The van der Waals surface area contributed by atoms with Crippen LogP contribution in [0.15, 0.2) is 11.1 Å². The lowest BCUT2D eigenvalue weighted by Crippen LogP contribution is -2.65. The fourth-order valence-corrected chi connectivity index (χ4v) is 6.21. The Hall–Kier alpha value is -1.98. The van der Waals surface area contributed by atoms with Crippen LogP contribution < -0.4 is 10.6 Å². The highest BCUT2D eigenvalue weighted by Crippen LogP contribution is 2.69. The number of rotatable bonds is 0. The number of nitrogens with one attached hydrogen (secondary N) is 2. The Balaban J connectivity index is 1.70. The molecular weight excluding hydrogens is 284 g/mol. The summed E-state index contributed by atoms with van der Waals surface area (Å²) in [5.41, 5.74) is 2.28. The first-order chi connectivity index (χ1) is 10.4. The lowest BCUT2D eigenvalue weighted by molar-refractivity contribution is -0.170. The first kappa shape index (κ1) is 12.6. The maximum Gasteiger partial charge on any atom is 0.231 e. The molecule has 2 aliphatic heterocycles. The fourth-order valence-electron chi connectivity index (χ4n) is 6.21. The normalized spacial score (nSPS) is 51.2. The summed E-state index contributed by atoms with van der Waals surface area (Å²) in [5, 5.41) is 4.91. The SMILES string of the molecule is CC1=C(C)C2C3C(=O)NC(=O)C3C1C1C3C(=O)NC(=O)C3C21. The third-order valence-corrected chi connectivity index (χ3v) is 6.98. The zero-order valence-corrected chi connectivity index (χ0v) is 12.3. The minimum absolute atomic E-state index is 0.0306. The summed E-state index contributed by atoms with van der Waals surface area (Å²) >= 11 is 0. The van der Waals surface area contributed by atoms with Crippen molar-refractivity contribution in [2.24, 2.45) is 47.3 Å². The molecule has 0 aromatic heterocycles. The number of amides is 4. The smallest absolute Gasteiger partial charge is 0.231 e. The van der Waals surface area contributed by atoms with Crippen LogP contribution in [-0.2, 0) is 19.2 Å². The Bertz CT molecular complexity index is 666. The van der Waals surface area contributed by atoms with E-state index in [1.54, 1.807) is 0 Å². The van der Waals surface area contributed by atoms with E-state index in [0.29, 0.717) is 0 Å². The van der Waals surface area contributed by atoms with Crippen molar-refractivity contribution in [1.82, 2.24) is 10.6 Å². The van der Waals surface area contributed by atoms with Gasteiger partial charge in [-0.1, -0.05) is 11.1 Å². The molecule has 0 aromatic carbocycles. The molecule has 0 aromatic rings. The molecule has 2 saturated carbocycles. The van der Waals surface area contributed by atoms with Crippen LogP contribution in [0.3, 0.4) is 0 Å².